The quantitative estimate of drug-likeness (QED) is 0.602. The van der Waals surface area contributed by atoms with Crippen molar-refractivity contribution in [1.82, 2.24) is 20.0 Å². The number of hydrogen-bond donors (Lipinski definition) is 1. The van der Waals surface area contributed by atoms with Crippen molar-refractivity contribution in [3.63, 3.8) is 0 Å². The topological polar surface area (TPSA) is 76.5 Å². The highest BCUT2D eigenvalue weighted by molar-refractivity contribution is 5.87. The molecule has 2 aromatic carbocycles. The zero-order valence-electron chi connectivity index (χ0n) is 18.0. The van der Waals surface area contributed by atoms with E-state index in [1.165, 1.54) is 19.2 Å². The molecular weight excluding hydrogens is 411 g/mol. The van der Waals surface area contributed by atoms with Gasteiger partial charge in [0.15, 0.2) is 0 Å². The molecule has 0 radical (unpaired) electrons. The minimum absolute atomic E-state index is 0.0380. The first kappa shape index (κ1) is 21.7. The average Bonchev–Trinajstić information content (AvgIpc) is 3.20. The SMILES string of the molecule is COC(=O)C[C@H]1C(=O)NCCN1Cc1cn(-c2cccc(C)c2)nc1-c1cccc(F)c1. The molecule has 32 heavy (non-hydrogen) atoms. The maximum Gasteiger partial charge on any atom is 0.307 e. The van der Waals surface area contributed by atoms with E-state index >= 15 is 0 Å². The van der Waals surface area contributed by atoms with Crippen LogP contribution in [0, 0.1) is 12.7 Å². The Labute approximate surface area is 185 Å². The predicted octanol–water partition coefficient (Wildman–Crippen LogP) is 2.85. The fourth-order valence-corrected chi connectivity index (χ4v) is 3.94. The Morgan fingerprint density at radius 2 is 2.06 bits per heavy atom. The Kier molecular flexibility index (Phi) is 6.32. The van der Waals surface area contributed by atoms with Crippen molar-refractivity contribution in [1.29, 1.82) is 0 Å². The van der Waals surface area contributed by atoms with Crippen molar-refractivity contribution in [3.8, 4) is 16.9 Å². The van der Waals surface area contributed by atoms with Crippen molar-refractivity contribution in [3.05, 3.63) is 71.7 Å². The van der Waals surface area contributed by atoms with E-state index in [2.05, 4.69) is 5.32 Å². The highest BCUT2D eigenvalue weighted by Gasteiger charge is 2.33. The number of amides is 1. The molecule has 1 aliphatic heterocycles. The van der Waals surface area contributed by atoms with E-state index in [0.29, 0.717) is 30.9 Å². The zero-order valence-corrected chi connectivity index (χ0v) is 18.0. The zero-order chi connectivity index (χ0) is 22.7. The summed E-state index contributed by atoms with van der Waals surface area (Å²) in [4.78, 5) is 26.3. The second kappa shape index (κ2) is 9.32. The van der Waals surface area contributed by atoms with E-state index in [0.717, 1.165) is 16.8 Å². The third kappa shape index (κ3) is 4.70. The lowest BCUT2D eigenvalue weighted by Crippen LogP contribution is -2.55. The van der Waals surface area contributed by atoms with Crippen molar-refractivity contribution >= 4 is 11.9 Å². The number of carbonyl (C=O) groups is 2. The normalized spacial score (nSPS) is 16.6. The molecule has 7 nitrogen and oxygen atoms in total. The number of rotatable bonds is 6. The molecule has 0 saturated carbocycles. The lowest BCUT2D eigenvalue weighted by Gasteiger charge is -2.34. The summed E-state index contributed by atoms with van der Waals surface area (Å²) in [5.41, 5.74) is 4.10. The molecule has 1 atom stereocenters. The summed E-state index contributed by atoms with van der Waals surface area (Å²) < 4.78 is 20.5. The number of piperazine rings is 1. The Hall–Kier alpha value is -3.52. The predicted molar refractivity (Wildman–Crippen MR) is 118 cm³/mol. The molecule has 1 saturated heterocycles. The Morgan fingerprint density at radius 1 is 1.25 bits per heavy atom. The molecule has 4 rings (SSSR count). The summed E-state index contributed by atoms with van der Waals surface area (Å²) in [7, 11) is 1.31. The van der Waals surface area contributed by atoms with Crippen LogP contribution in [0.4, 0.5) is 4.39 Å². The summed E-state index contributed by atoms with van der Waals surface area (Å²) >= 11 is 0. The average molecular weight is 436 g/mol. The molecule has 1 fully saturated rings. The number of aromatic nitrogens is 2. The number of aryl methyl sites for hydroxylation is 1. The van der Waals surface area contributed by atoms with Gasteiger partial charge in [0, 0.05) is 37.0 Å². The van der Waals surface area contributed by atoms with Crippen molar-refractivity contribution in [2.24, 2.45) is 0 Å². The van der Waals surface area contributed by atoms with Gasteiger partial charge in [0.1, 0.15) is 11.9 Å². The second-order valence-corrected chi connectivity index (χ2v) is 7.85. The number of benzene rings is 2. The molecule has 8 heteroatoms. The summed E-state index contributed by atoms with van der Waals surface area (Å²) in [6, 6.07) is 13.6. The number of methoxy groups -OCH3 is 1. The first-order valence-corrected chi connectivity index (χ1v) is 10.4. The van der Waals surface area contributed by atoms with Crippen LogP contribution >= 0.6 is 0 Å². The molecule has 2 heterocycles. The van der Waals surface area contributed by atoms with Crippen LogP contribution in [-0.4, -0.2) is 52.8 Å². The van der Waals surface area contributed by atoms with Gasteiger partial charge in [-0.15, -0.1) is 0 Å². The van der Waals surface area contributed by atoms with Gasteiger partial charge >= 0.3 is 5.97 Å². The highest BCUT2D eigenvalue weighted by Crippen LogP contribution is 2.27. The van der Waals surface area contributed by atoms with Gasteiger partial charge in [-0.3, -0.25) is 14.5 Å². The van der Waals surface area contributed by atoms with Crippen LogP contribution in [0.15, 0.2) is 54.7 Å². The van der Waals surface area contributed by atoms with Crippen molar-refractivity contribution in [2.75, 3.05) is 20.2 Å². The maximum absolute atomic E-state index is 14.0. The van der Waals surface area contributed by atoms with Crippen LogP contribution in [-0.2, 0) is 20.9 Å². The number of ether oxygens (including phenoxy) is 1. The molecule has 1 aromatic heterocycles. The molecule has 3 aromatic rings. The van der Waals surface area contributed by atoms with Gasteiger partial charge in [0.05, 0.1) is 24.9 Å². The lowest BCUT2D eigenvalue weighted by atomic mass is 10.0. The molecule has 1 N–H and O–H groups in total. The largest absolute Gasteiger partial charge is 0.469 e. The molecular formula is C24H25FN4O3. The van der Waals surface area contributed by atoms with Crippen LogP contribution in [0.5, 0.6) is 0 Å². The van der Waals surface area contributed by atoms with E-state index in [1.807, 2.05) is 48.4 Å². The number of hydrogen-bond acceptors (Lipinski definition) is 5. The fourth-order valence-electron chi connectivity index (χ4n) is 3.94. The van der Waals surface area contributed by atoms with Crippen molar-refractivity contribution < 1.29 is 18.7 Å². The summed E-state index contributed by atoms with van der Waals surface area (Å²) in [5.74, 6) is -1.00. The van der Waals surface area contributed by atoms with Gasteiger partial charge < -0.3 is 10.1 Å². The third-order valence-corrected chi connectivity index (χ3v) is 5.56. The monoisotopic (exact) mass is 436 g/mol. The van der Waals surface area contributed by atoms with Crippen LogP contribution in [0.3, 0.4) is 0 Å². The Bertz CT molecular complexity index is 1140. The highest BCUT2D eigenvalue weighted by atomic mass is 19.1. The Morgan fingerprint density at radius 3 is 2.81 bits per heavy atom. The molecule has 166 valence electrons. The van der Waals surface area contributed by atoms with E-state index in [1.54, 1.807) is 10.7 Å². The van der Waals surface area contributed by atoms with Crippen LogP contribution in [0.25, 0.3) is 16.9 Å². The number of halogens is 1. The number of esters is 1. The Balaban J connectivity index is 1.73. The van der Waals surface area contributed by atoms with Gasteiger partial charge in [-0.05, 0) is 36.8 Å². The fraction of sp³-hybridized carbons (Fsp3) is 0.292. The van der Waals surface area contributed by atoms with Gasteiger partial charge in [0.2, 0.25) is 5.91 Å². The van der Waals surface area contributed by atoms with Crippen LogP contribution in [0.1, 0.15) is 17.5 Å². The molecule has 0 spiro atoms. The third-order valence-electron chi connectivity index (χ3n) is 5.56. The first-order chi connectivity index (χ1) is 15.4. The number of nitrogens with zero attached hydrogens (tertiary/aromatic N) is 3. The van der Waals surface area contributed by atoms with Gasteiger partial charge in [-0.1, -0.05) is 24.3 Å². The molecule has 1 aliphatic rings. The summed E-state index contributed by atoms with van der Waals surface area (Å²) in [6.45, 7) is 3.45. The van der Waals surface area contributed by atoms with Gasteiger partial charge in [-0.25, -0.2) is 9.07 Å². The van der Waals surface area contributed by atoms with E-state index in [-0.39, 0.29) is 18.1 Å². The summed E-state index contributed by atoms with van der Waals surface area (Å²) in [6.07, 6.45) is 1.86. The number of nitrogens with one attached hydrogen (secondary N) is 1. The minimum atomic E-state index is -0.640. The smallest absolute Gasteiger partial charge is 0.307 e. The first-order valence-electron chi connectivity index (χ1n) is 10.4. The second-order valence-electron chi connectivity index (χ2n) is 7.85. The minimum Gasteiger partial charge on any atom is -0.469 e. The molecule has 0 unspecified atom stereocenters. The van der Waals surface area contributed by atoms with Gasteiger partial charge in [-0.2, -0.15) is 5.10 Å². The van der Waals surface area contributed by atoms with Crippen molar-refractivity contribution in [2.45, 2.75) is 25.9 Å². The maximum atomic E-state index is 14.0. The van der Waals surface area contributed by atoms with E-state index < -0.39 is 12.0 Å². The number of carbonyl (C=O) groups excluding carboxylic acids is 2. The molecule has 1 amide bonds. The van der Waals surface area contributed by atoms with Crippen LogP contribution in [0.2, 0.25) is 0 Å². The van der Waals surface area contributed by atoms with E-state index in [9.17, 15) is 14.0 Å². The summed E-state index contributed by atoms with van der Waals surface area (Å²) in [5, 5.41) is 7.56. The van der Waals surface area contributed by atoms with E-state index in [4.69, 9.17) is 9.84 Å². The molecule has 0 aliphatic carbocycles. The standard InChI is InChI=1S/C24H25FN4O3/c1-16-5-3-8-20(11-16)29-15-18(23(27-29)17-6-4-7-19(25)12-17)14-28-10-9-26-24(31)21(28)13-22(30)32-2/h3-8,11-12,15,21H,9-10,13-14H2,1-2H3,(H,26,31)/t21-/m0/s1. The molecule has 0 bridgehead atoms. The lowest BCUT2D eigenvalue weighted by molar-refractivity contribution is -0.146. The van der Waals surface area contributed by atoms with Gasteiger partial charge in [0.25, 0.3) is 0 Å². The van der Waals surface area contributed by atoms with Crippen LogP contribution < -0.4 is 5.32 Å².